The Hall–Kier alpha value is -2.84. The highest BCUT2D eigenvalue weighted by Crippen LogP contribution is 2.27. The lowest BCUT2D eigenvalue weighted by Gasteiger charge is -2.29. The summed E-state index contributed by atoms with van der Waals surface area (Å²) in [5.41, 5.74) is 2.69. The first-order chi connectivity index (χ1) is 10.8. The largest absolute Gasteiger partial charge is 0.478 e. The molecule has 0 aliphatic carbocycles. The molecule has 112 valence electrons. The molecular formula is C13H14N8O. The standard InChI is InChI=1S/C13H14N8O/c1-2-22-13-9-7-20(6-5-10(9)14-8-15-13)12-4-3-11-16-18-19-21(11)17-12/h3-4,8H,2,5-7H2,1H3. The van der Waals surface area contributed by atoms with Gasteiger partial charge in [0, 0.05) is 13.0 Å². The molecule has 4 heterocycles. The quantitative estimate of drug-likeness (QED) is 0.680. The molecule has 3 aromatic rings. The Morgan fingerprint density at radius 2 is 2.23 bits per heavy atom. The molecule has 3 aromatic heterocycles. The molecule has 1 aliphatic heterocycles. The summed E-state index contributed by atoms with van der Waals surface area (Å²) >= 11 is 0. The third-order valence-corrected chi connectivity index (χ3v) is 3.62. The Kier molecular flexibility index (Phi) is 3.02. The molecule has 0 aromatic carbocycles. The van der Waals surface area contributed by atoms with Crippen LogP contribution in [0.15, 0.2) is 18.5 Å². The lowest BCUT2D eigenvalue weighted by atomic mass is 10.1. The number of aromatic nitrogens is 7. The highest BCUT2D eigenvalue weighted by Gasteiger charge is 2.23. The number of hydrogen-bond donors (Lipinski definition) is 0. The fourth-order valence-corrected chi connectivity index (χ4v) is 2.58. The zero-order chi connectivity index (χ0) is 14.9. The number of ether oxygens (including phenoxy) is 1. The number of nitrogens with zero attached hydrogens (tertiary/aromatic N) is 8. The van der Waals surface area contributed by atoms with Crippen LogP contribution in [-0.4, -0.2) is 48.4 Å². The van der Waals surface area contributed by atoms with E-state index in [0.717, 1.165) is 30.0 Å². The molecule has 0 N–H and O–H groups in total. The number of tetrazole rings is 1. The van der Waals surface area contributed by atoms with E-state index in [2.05, 4.69) is 35.5 Å². The zero-order valence-corrected chi connectivity index (χ0v) is 12.0. The molecule has 22 heavy (non-hydrogen) atoms. The number of hydrogen-bond acceptors (Lipinski definition) is 8. The summed E-state index contributed by atoms with van der Waals surface area (Å²) < 4.78 is 7.04. The van der Waals surface area contributed by atoms with Gasteiger partial charge in [0.05, 0.1) is 24.4 Å². The van der Waals surface area contributed by atoms with Gasteiger partial charge in [-0.15, -0.1) is 14.8 Å². The maximum absolute atomic E-state index is 5.61. The third-order valence-electron chi connectivity index (χ3n) is 3.62. The summed E-state index contributed by atoms with van der Waals surface area (Å²) in [7, 11) is 0. The van der Waals surface area contributed by atoms with Gasteiger partial charge in [0.2, 0.25) is 5.88 Å². The summed E-state index contributed by atoms with van der Waals surface area (Å²) in [6.07, 6.45) is 2.39. The van der Waals surface area contributed by atoms with Gasteiger partial charge in [-0.05, 0) is 29.5 Å². The van der Waals surface area contributed by atoms with Crippen molar-refractivity contribution < 1.29 is 4.74 Å². The molecule has 0 saturated heterocycles. The van der Waals surface area contributed by atoms with E-state index in [0.29, 0.717) is 24.7 Å². The molecule has 0 spiro atoms. The van der Waals surface area contributed by atoms with Crippen LogP contribution >= 0.6 is 0 Å². The first-order valence-corrected chi connectivity index (χ1v) is 7.11. The molecule has 9 heteroatoms. The average Bonchev–Trinajstić information content (AvgIpc) is 3.02. The van der Waals surface area contributed by atoms with Gasteiger partial charge in [0.25, 0.3) is 0 Å². The first kappa shape index (κ1) is 12.9. The second kappa shape index (κ2) is 5.17. The van der Waals surface area contributed by atoms with Crippen LogP contribution in [0.5, 0.6) is 5.88 Å². The van der Waals surface area contributed by atoms with E-state index in [1.165, 1.54) is 4.63 Å². The average molecular weight is 298 g/mol. The van der Waals surface area contributed by atoms with Crippen molar-refractivity contribution in [2.24, 2.45) is 0 Å². The predicted molar refractivity (Wildman–Crippen MR) is 76.5 cm³/mol. The Labute approximate surface area is 125 Å². The molecule has 0 fully saturated rings. The Morgan fingerprint density at radius 3 is 3.14 bits per heavy atom. The Morgan fingerprint density at radius 1 is 1.27 bits per heavy atom. The van der Waals surface area contributed by atoms with E-state index in [1.807, 2.05) is 19.1 Å². The summed E-state index contributed by atoms with van der Waals surface area (Å²) in [6, 6.07) is 3.77. The van der Waals surface area contributed by atoms with Crippen molar-refractivity contribution in [3.63, 3.8) is 0 Å². The van der Waals surface area contributed by atoms with Gasteiger partial charge in [-0.2, -0.15) is 0 Å². The first-order valence-electron chi connectivity index (χ1n) is 7.11. The molecular weight excluding hydrogens is 284 g/mol. The van der Waals surface area contributed by atoms with Gasteiger partial charge in [-0.25, -0.2) is 9.97 Å². The van der Waals surface area contributed by atoms with Crippen LogP contribution in [0.25, 0.3) is 5.65 Å². The van der Waals surface area contributed by atoms with Gasteiger partial charge in [0.15, 0.2) is 11.5 Å². The van der Waals surface area contributed by atoms with Crippen molar-refractivity contribution in [2.75, 3.05) is 18.1 Å². The van der Waals surface area contributed by atoms with Crippen molar-refractivity contribution >= 4 is 11.5 Å². The van der Waals surface area contributed by atoms with E-state index in [4.69, 9.17) is 4.74 Å². The lowest BCUT2D eigenvalue weighted by molar-refractivity contribution is 0.320. The van der Waals surface area contributed by atoms with E-state index < -0.39 is 0 Å². The van der Waals surface area contributed by atoms with E-state index in [-0.39, 0.29) is 0 Å². The minimum absolute atomic E-state index is 0.582. The summed E-state index contributed by atoms with van der Waals surface area (Å²) in [5, 5.41) is 15.7. The predicted octanol–water partition coefficient (Wildman–Crippen LogP) is 0.271. The maximum Gasteiger partial charge on any atom is 0.221 e. The van der Waals surface area contributed by atoms with Crippen molar-refractivity contribution in [3.05, 3.63) is 29.7 Å². The monoisotopic (exact) mass is 298 g/mol. The van der Waals surface area contributed by atoms with Crippen molar-refractivity contribution in [1.29, 1.82) is 0 Å². The SMILES string of the molecule is CCOc1ncnc2c1CN(c1ccc3nnnn3n1)CC2. The molecule has 0 atom stereocenters. The fourth-order valence-electron chi connectivity index (χ4n) is 2.58. The van der Waals surface area contributed by atoms with Crippen LogP contribution in [0.2, 0.25) is 0 Å². The van der Waals surface area contributed by atoms with Crippen molar-refractivity contribution in [2.45, 2.75) is 19.9 Å². The molecule has 0 unspecified atom stereocenters. The maximum atomic E-state index is 5.61. The molecule has 0 amide bonds. The van der Waals surface area contributed by atoms with Gasteiger partial charge in [0.1, 0.15) is 6.33 Å². The van der Waals surface area contributed by atoms with Crippen LogP contribution in [-0.2, 0) is 13.0 Å². The third kappa shape index (κ3) is 2.10. The van der Waals surface area contributed by atoms with Gasteiger partial charge >= 0.3 is 0 Å². The Bertz CT molecular complexity index is 817. The smallest absolute Gasteiger partial charge is 0.221 e. The highest BCUT2D eigenvalue weighted by atomic mass is 16.5. The normalized spacial score (nSPS) is 14.1. The molecule has 9 nitrogen and oxygen atoms in total. The molecule has 0 bridgehead atoms. The van der Waals surface area contributed by atoms with E-state index in [1.54, 1.807) is 6.33 Å². The van der Waals surface area contributed by atoms with Crippen LogP contribution in [0.4, 0.5) is 5.82 Å². The van der Waals surface area contributed by atoms with Gasteiger partial charge in [-0.1, -0.05) is 0 Å². The Balaban J connectivity index is 1.68. The molecule has 0 saturated carbocycles. The van der Waals surface area contributed by atoms with Crippen molar-refractivity contribution in [3.8, 4) is 5.88 Å². The zero-order valence-electron chi connectivity index (χ0n) is 12.0. The summed E-state index contributed by atoms with van der Waals surface area (Å²) in [6.45, 7) is 4.02. The molecule has 1 aliphatic rings. The molecule has 0 radical (unpaired) electrons. The summed E-state index contributed by atoms with van der Waals surface area (Å²) in [5.74, 6) is 1.47. The van der Waals surface area contributed by atoms with Crippen LogP contribution in [0, 0.1) is 0 Å². The highest BCUT2D eigenvalue weighted by molar-refractivity contribution is 5.47. The van der Waals surface area contributed by atoms with Gasteiger partial charge < -0.3 is 9.64 Å². The minimum Gasteiger partial charge on any atom is -0.478 e. The topological polar surface area (TPSA) is 94.2 Å². The van der Waals surface area contributed by atoms with E-state index in [9.17, 15) is 0 Å². The molecule has 4 rings (SSSR count). The van der Waals surface area contributed by atoms with Crippen LogP contribution < -0.4 is 9.64 Å². The van der Waals surface area contributed by atoms with Crippen LogP contribution in [0.3, 0.4) is 0 Å². The second-order valence-corrected chi connectivity index (χ2v) is 4.93. The number of anilines is 1. The van der Waals surface area contributed by atoms with Crippen molar-refractivity contribution in [1.82, 2.24) is 35.2 Å². The lowest BCUT2D eigenvalue weighted by Crippen LogP contribution is -2.32. The fraction of sp³-hybridized carbons (Fsp3) is 0.385. The van der Waals surface area contributed by atoms with Crippen LogP contribution in [0.1, 0.15) is 18.2 Å². The minimum atomic E-state index is 0.582. The second-order valence-electron chi connectivity index (χ2n) is 4.93. The summed E-state index contributed by atoms with van der Waals surface area (Å²) in [4.78, 5) is 10.7. The number of rotatable bonds is 3. The van der Waals surface area contributed by atoms with E-state index >= 15 is 0 Å². The van der Waals surface area contributed by atoms with Gasteiger partial charge in [-0.3, -0.25) is 0 Å². The number of fused-ring (bicyclic) bond motifs is 2.